The van der Waals surface area contributed by atoms with Gasteiger partial charge < -0.3 is 0 Å². The van der Waals surface area contributed by atoms with Crippen LogP contribution in [0.25, 0.3) is 0 Å². The Kier molecular flexibility index (Phi) is 6.04. The van der Waals surface area contributed by atoms with Gasteiger partial charge in [0, 0.05) is 0 Å². The molecule has 0 amide bonds. The van der Waals surface area contributed by atoms with E-state index in [1.54, 1.807) is 16.3 Å². The molecule has 1 rings (SSSR count). The van der Waals surface area contributed by atoms with Crippen molar-refractivity contribution in [3.05, 3.63) is 29.8 Å². The highest BCUT2D eigenvalue weighted by Crippen LogP contribution is 2.43. The van der Waals surface area contributed by atoms with Gasteiger partial charge in [-0.05, 0) is 40.9 Å². The summed E-state index contributed by atoms with van der Waals surface area (Å²) < 4.78 is 46.5. The Morgan fingerprint density at radius 2 is 1.48 bits per heavy atom. The first kappa shape index (κ1) is 20.1. The molecule has 1 aromatic carbocycles. The van der Waals surface area contributed by atoms with Gasteiger partial charge in [0.2, 0.25) is 10.9 Å². The molecule has 23 heavy (non-hydrogen) atoms. The highest BCUT2D eigenvalue weighted by molar-refractivity contribution is 7.98. The minimum atomic E-state index is -4.02. The van der Waals surface area contributed by atoms with E-state index in [1.807, 2.05) is 0 Å². The summed E-state index contributed by atoms with van der Waals surface area (Å²) in [4.78, 5) is -0.0520. The van der Waals surface area contributed by atoms with E-state index in [2.05, 4.69) is 41.5 Å². The number of rotatable bonds is 5. The zero-order valence-electron chi connectivity index (χ0n) is 14.6. The van der Waals surface area contributed by atoms with E-state index >= 15 is 0 Å². The fourth-order valence-electron chi connectivity index (χ4n) is 2.57. The molecule has 1 aromatic rings. The van der Waals surface area contributed by atoms with E-state index < -0.39 is 20.9 Å². The van der Waals surface area contributed by atoms with Crippen LogP contribution in [-0.4, -0.2) is 16.8 Å². The summed E-state index contributed by atoms with van der Waals surface area (Å²) in [5.41, 5.74) is 1.23. The van der Waals surface area contributed by atoms with Crippen LogP contribution in [0.3, 0.4) is 0 Å². The number of nitrogens with one attached hydrogen (secondary N) is 1. The van der Waals surface area contributed by atoms with Crippen LogP contribution >= 0.6 is 0 Å². The molecule has 0 aliphatic rings. The Hall–Kier alpha value is -0.920. The van der Waals surface area contributed by atoms with Gasteiger partial charge in [-0.25, -0.2) is 16.8 Å². The minimum absolute atomic E-state index is 0.0320. The average Bonchev–Trinajstić information content (AvgIpc) is 2.32. The van der Waals surface area contributed by atoms with Crippen LogP contribution in [-0.2, 0) is 20.9 Å². The lowest BCUT2D eigenvalue weighted by Gasteiger charge is -2.36. The van der Waals surface area contributed by atoms with Gasteiger partial charge in [0.1, 0.15) is 0 Å². The van der Waals surface area contributed by atoms with Crippen LogP contribution in [0.2, 0.25) is 0 Å². The van der Waals surface area contributed by atoms with E-state index in [0.29, 0.717) is 0 Å². The van der Waals surface area contributed by atoms with Crippen LogP contribution in [0.4, 0.5) is 0 Å². The summed E-state index contributed by atoms with van der Waals surface area (Å²) in [5, 5.41) is 0. The molecule has 0 fully saturated rings. The fraction of sp³-hybridized carbons (Fsp3) is 0.625. The van der Waals surface area contributed by atoms with Gasteiger partial charge in [-0.1, -0.05) is 53.7 Å². The highest BCUT2D eigenvalue weighted by Gasteiger charge is 2.30. The second-order valence-electron chi connectivity index (χ2n) is 8.10. The second kappa shape index (κ2) is 6.91. The third-order valence-corrected chi connectivity index (χ3v) is 6.10. The molecule has 5 nitrogen and oxygen atoms in total. The molecule has 0 unspecified atom stereocenters. The van der Waals surface area contributed by atoms with Gasteiger partial charge in [0.25, 0.3) is 10.0 Å². The van der Waals surface area contributed by atoms with Gasteiger partial charge in [-0.15, -0.1) is 4.13 Å². The Labute approximate surface area is 141 Å². The molecular formula is C16H27NO4S2. The molecule has 0 spiro atoms. The largest absolute Gasteiger partial charge is 0.253 e. The first-order valence-electron chi connectivity index (χ1n) is 7.49. The minimum Gasteiger partial charge on any atom is -0.215 e. The van der Waals surface area contributed by atoms with Crippen LogP contribution in [0.15, 0.2) is 29.2 Å². The molecule has 0 bridgehead atoms. The molecule has 0 saturated carbocycles. The third-order valence-electron chi connectivity index (χ3n) is 3.65. The highest BCUT2D eigenvalue weighted by atomic mass is 32.3. The van der Waals surface area contributed by atoms with Gasteiger partial charge in [-0.3, -0.25) is 0 Å². The van der Waals surface area contributed by atoms with Crippen LogP contribution in [0, 0.1) is 10.8 Å². The third kappa shape index (κ3) is 6.24. The Morgan fingerprint density at radius 3 is 1.83 bits per heavy atom. The molecule has 7 heteroatoms. The zero-order chi connectivity index (χ0) is 18.1. The lowest BCUT2D eigenvalue weighted by molar-refractivity contribution is 0.229. The molecule has 132 valence electrons. The van der Waals surface area contributed by atoms with Crippen molar-refractivity contribution < 1.29 is 16.8 Å². The predicted molar refractivity (Wildman–Crippen MR) is 93.3 cm³/mol. The summed E-state index contributed by atoms with van der Waals surface area (Å²) in [6, 6.07) is 6.46. The molecule has 0 aliphatic carbocycles. The van der Waals surface area contributed by atoms with Gasteiger partial charge >= 0.3 is 0 Å². The number of sulfonamides is 1. The van der Waals surface area contributed by atoms with Gasteiger partial charge in [0.05, 0.1) is 4.90 Å². The maximum Gasteiger partial charge on any atom is 0.253 e. The molecule has 0 aliphatic heterocycles. The smallest absolute Gasteiger partial charge is 0.215 e. The topological polar surface area (TPSA) is 80.3 Å². The van der Waals surface area contributed by atoms with Crippen LogP contribution < -0.4 is 4.13 Å². The fourth-order valence-corrected chi connectivity index (χ4v) is 4.27. The SMILES string of the molecule is CC(C)(C)C[C@H](c1ccc(S(=O)(=O)N[SH](=O)=O)cc1)C(C)(C)C. The van der Waals surface area contributed by atoms with E-state index in [4.69, 9.17) is 0 Å². The van der Waals surface area contributed by atoms with E-state index in [-0.39, 0.29) is 21.6 Å². The average molecular weight is 362 g/mol. The molecule has 0 saturated heterocycles. The van der Waals surface area contributed by atoms with Crippen molar-refractivity contribution in [3.8, 4) is 0 Å². The Bertz CT molecular complexity index is 698. The van der Waals surface area contributed by atoms with Gasteiger partial charge in [0.15, 0.2) is 0 Å². The lowest BCUT2D eigenvalue weighted by Crippen LogP contribution is -2.24. The summed E-state index contributed by atoms with van der Waals surface area (Å²) >= 11 is 0. The van der Waals surface area contributed by atoms with E-state index in [0.717, 1.165) is 12.0 Å². The normalized spacial score (nSPS) is 14.9. The molecule has 0 aromatic heterocycles. The standard InChI is InChI=1S/C16H27NO4S2/c1-15(2,3)11-14(16(4,5)6)12-7-9-13(10-8-12)23(20,21)17-22(18)19/h7-10,14,22H,11H2,1-6H3,(H,17,18,19)/t14-/m1/s1. The molecule has 0 heterocycles. The predicted octanol–water partition coefficient (Wildman–Crippen LogP) is 3.06. The maximum atomic E-state index is 11.9. The van der Waals surface area contributed by atoms with Crippen LogP contribution in [0.1, 0.15) is 59.4 Å². The van der Waals surface area contributed by atoms with Crippen molar-refractivity contribution in [2.24, 2.45) is 10.8 Å². The first-order chi connectivity index (χ1) is 10.2. The molecule has 1 N–H and O–H groups in total. The molecule has 1 atom stereocenters. The Morgan fingerprint density at radius 1 is 1.00 bits per heavy atom. The van der Waals surface area contributed by atoms with Crippen molar-refractivity contribution in [3.63, 3.8) is 0 Å². The molecular weight excluding hydrogens is 334 g/mol. The van der Waals surface area contributed by atoms with Crippen molar-refractivity contribution in [1.82, 2.24) is 4.13 Å². The molecule has 0 radical (unpaired) electrons. The number of thiol groups is 1. The number of benzene rings is 1. The maximum absolute atomic E-state index is 11.9. The summed E-state index contributed by atoms with van der Waals surface area (Å²) in [6.45, 7) is 13.0. The first-order valence-corrected chi connectivity index (χ1v) is 10.2. The number of hydrogen-bond acceptors (Lipinski definition) is 4. The van der Waals surface area contributed by atoms with Crippen molar-refractivity contribution in [1.29, 1.82) is 0 Å². The van der Waals surface area contributed by atoms with Crippen molar-refractivity contribution in [2.45, 2.75) is 58.8 Å². The van der Waals surface area contributed by atoms with E-state index in [1.165, 1.54) is 12.1 Å². The summed E-state index contributed by atoms with van der Waals surface area (Å²) in [7, 11) is -7.23. The van der Waals surface area contributed by atoms with Crippen LogP contribution in [0.5, 0.6) is 0 Å². The number of hydrogen-bond donors (Lipinski definition) is 2. The Balaban J connectivity index is 3.19. The lowest BCUT2D eigenvalue weighted by atomic mass is 9.69. The second-order valence-corrected chi connectivity index (χ2v) is 10.8. The zero-order valence-corrected chi connectivity index (χ0v) is 16.3. The quantitative estimate of drug-likeness (QED) is 0.790. The summed E-state index contributed by atoms with van der Waals surface area (Å²) in [5.74, 6) is 0.267. The van der Waals surface area contributed by atoms with E-state index in [9.17, 15) is 16.8 Å². The van der Waals surface area contributed by atoms with Crippen molar-refractivity contribution >= 4 is 20.9 Å². The summed E-state index contributed by atoms with van der Waals surface area (Å²) in [6.07, 6.45) is 0.966. The monoisotopic (exact) mass is 361 g/mol. The van der Waals surface area contributed by atoms with Gasteiger partial charge in [-0.2, -0.15) is 0 Å². The van der Waals surface area contributed by atoms with Crippen molar-refractivity contribution in [2.75, 3.05) is 0 Å².